The third-order valence-corrected chi connectivity index (χ3v) is 2.60. The molecule has 0 amide bonds. The summed E-state index contributed by atoms with van der Waals surface area (Å²) in [6.45, 7) is 4.57. The minimum atomic E-state index is -0.239. The number of aromatic nitrogens is 4. The van der Waals surface area contributed by atoms with Crippen molar-refractivity contribution in [3.8, 4) is 0 Å². The van der Waals surface area contributed by atoms with E-state index in [4.69, 9.17) is 5.84 Å². The minimum Gasteiger partial charge on any atom is -0.396 e. The summed E-state index contributed by atoms with van der Waals surface area (Å²) in [5.74, 6) is 6.24. The molecule has 0 radical (unpaired) electrons. The number of nitrogens with two attached hydrogens (primary N) is 1. The lowest BCUT2D eigenvalue weighted by Crippen LogP contribution is -2.27. The molecule has 0 saturated heterocycles. The van der Waals surface area contributed by atoms with Crippen LogP contribution in [0.4, 0.5) is 11.8 Å². The number of aliphatic hydroxyl groups excluding tert-OH is 1. The normalized spacial score (nSPS) is 11.8. The van der Waals surface area contributed by atoms with Crippen LogP contribution in [0.25, 0.3) is 11.0 Å². The van der Waals surface area contributed by atoms with Crippen molar-refractivity contribution in [3.63, 3.8) is 0 Å². The molecule has 8 nitrogen and oxygen atoms in total. The highest BCUT2D eigenvalue weighted by atomic mass is 16.3. The number of nitrogen functional groups attached to an aromatic ring is 1. The highest BCUT2D eigenvalue weighted by molar-refractivity contribution is 5.86. The minimum absolute atomic E-state index is 0.0849. The Morgan fingerprint density at radius 2 is 2.22 bits per heavy atom. The molecule has 0 aliphatic carbocycles. The second kappa shape index (κ2) is 4.75. The second-order valence-electron chi connectivity index (χ2n) is 4.85. The Hall–Kier alpha value is -1.93. The predicted octanol–water partition coefficient (Wildman–Crippen LogP) is 0.0689. The molecule has 0 bridgehead atoms. The van der Waals surface area contributed by atoms with Gasteiger partial charge in [-0.2, -0.15) is 15.1 Å². The molecule has 0 aliphatic heterocycles. The van der Waals surface area contributed by atoms with Crippen LogP contribution in [-0.4, -0.2) is 38.4 Å². The summed E-state index contributed by atoms with van der Waals surface area (Å²) < 4.78 is 0. The number of aromatic amines is 1. The van der Waals surface area contributed by atoms with Crippen molar-refractivity contribution in [3.05, 3.63) is 6.20 Å². The Morgan fingerprint density at radius 3 is 2.89 bits per heavy atom. The zero-order chi connectivity index (χ0) is 13.2. The number of hydrogen-bond donors (Lipinski definition) is 5. The van der Waals surface area contributed by atoms with Crippen molar-refractivity contribution in [1.82, 2.24) is 20.2 Å². The maximum atomic E-state index is 9.22. The molecule has 0 fully saturated rings. The van der Waals surface area contributed by atoms with E-state index in [1.807, 2.05) is 13.8 Å². The van der Waals surface area contributed by atoms with E-state index in [0.717, 1.165) is 5.39 Å². The number of nitrogens with zero attached hydrogens (tertiary/aromatic N) is 3. The third kappa shape index (κ3) is 2.49. The molecule has 0 aromatic carbocycles. The molecule has 0 unspecified atom stereocenters. The van der Waals surface area contributed by atoms with Gasteiger partial charge in [0.1, 0.15) is 5.82 Å². The van der Waals surface area contributed by atoms with Gasteiger partial charge in [0.25, 0.3) is 0 Å². The van der Waals surface area contributed by atoms with Crippen LogP contribution in [0.2, 0.25) is 0 Å². The maximum Gasteiger partial charge on any atom is 0.241 e. The van der Waals surface area contributed by atoms with Crippen LogP contribution in [0.1, 0.15) is 13.8 Å². The van der Waals surface area contributed by atoms with Crippen LogP contribution in [-0.2, 0) is 0 Å². The number of hydrogen-bond acceptors (Lipinski definition) is 7. The van der Waals surface area contributed by atoms with E-state index < -0.39 is 0 Å². The van der Waals surface area contributed by atoms with Gasteiger partial charge >= 0.3 is 0 Å². The van der Waals surface area contributed by atoms with Crippen LogP contribution in [0.15, 0.2) is 6.20 Å². The molecule has 2 heterocycles. The summed E-state index contributed by atoms with van der Waals surface area (Å²) >= 11 is 0. The monoisotopic (exact) mass is 251 g/mol. The topological polar surface area (TPSA) is 125 Å². The molecule has 2 rings (SSSR count). The fourth-order valence-electron chi connectivity index (χ4n) is 1.41. The first-order valence-electron chi connectivity index (χ1n) is 5.58. The van der Waals surface area contributed by atoms with Gasteiger partial charge in [-0.15, -0.1) is 0 Å². The summed E-state index contributed by atoms with van der Waals surface area (Å²) in [6.07, 6.45) is 1.64. The highest BCUT2D eigenvalue weighted by Crippen LogP contribution is 2.21. The number of aliphatic hydroxyl groups is 1. The smallest absolute Gasteiger partial charge is 0.241 e. The fourth-order valence-corrected chi connectivity index (χ4v) is 1.41. The lowest BCUT2D eigenvalue weighted by atomic mass is 9.95. The van der Waals surface area contributed by atoms with Gasteiger partial charge in [-0.25, -0.2) is 5.84 Å². The van der Waals surface area contributed by atoms with Crippen molar-refractivity contribution in [1.29, 1.82) is 0 Å². The summed E-state index contributed by atoms with van der Waals surface area (Å²) in [7, 11) is 0. The number of hydrazine groups is 1. The van der Waals surface area contributed by atoms with Crippen molar-refractivity contribution in [2.24, 2.45) is 11.3 Å². The Kier molecular flexibility index (Phi) is 3.30. The van der Waals surface area contributed by atoms with Crippen molar-refractivity contribution in [2.75, 3.05) is 23.9 Å². The van der Waals surface area contributed by atoms with Crippen LogP contribution in [0.3, 0.4) is 0 Å². The Labute approximate surface area is 104 Å². The van der Waals surface area contributed by atoms with Gasteiger partial charge in [-0.3, -0.25) is 10.5 Å². The first-order chi connectivity index (χ1) is 8.55. The van der Waals surface area contributed by atoms with Gasteiger partial charge in [0.05, 0.1) is 11.6 Å². The molecule has 18 heavy (non-hydrogen) atoms. The Bertz CT molecular complexity index is 536. The van der Waals surface area contributed by atoms with E-state index >= 15 is 0 Å². The lowest BCUT2D eigenvalue weighted by molar-refractivity contribution is 0.171. The van der Waals surface area contributed by atoms with Crippen LogP contribution < -0.4 is 16.6 Å². The Balaban J connectivity index is 2.28. The van der Waals surface area contributed by atoms with Gasteiger partial charge in [-0.1, -0.05) is 13.8 Å². The molecule has 8 heteroatoms. The average molecular weight is 251 g/mol. The van der Waals surface area contributed by atoms with Crippen LogP contribution in [0, 0.1) is 5.41 Å². The molecule has 0 atom stereocenters. The van der Waals surface area contributed by atoms with E-state index in [0.29, 0.717) is 24.0 Å². The number of fused-ring (bicyclic) bond motifs is 1. The van der Waals surface area contributed by atoms with E-state index in [2.05, 4.69) is 30.9 Å². The zero-order valence-electron chi connectivity index (χ0n) is 10.4. The lowest BCUT2D eigenvalue weighted by Gasteiger charge is -2.22. The maximum absolute atomic E-state index is 9.22. The molecular formula is C10H17N7O. The van der Waals surface area contributed by atoms with Gasteiger partial charge in [-0.05, 0) is 0 Å². The summed E-state index contributed by atoms with van der Waals surface area (Å²) in [5, 5.41) is 19.9. The zero-order valence-corrected chi connectivity index (χ0v) is 10.4. The molecule has 6 N–H and O–H groups in total. The highest BCUT2D eigenvalue weighted by Gasteiger charge is 2.17. The van der Waals surface area contributed by atoms with E-state index in [1.165, 1.54) is 0 Å². The van der Waals surface area contributed by atoms with Gasteiger partial charge < -0.3 is 10.4 Å². The Morgan fingerprint density at radius 1 is 1.44 bits per heavy atom. The number of H-pyrrole nitrogens is 1. The van der Waals surface area contributed by atoms with Crippen molar-refractivity contribution in [2.45, 2.75) is 13.8 Å². The predicted molar refractivity (Wildman–Crippen MR) is 68.9 cm³/mol. The van der Waals surface area contributed by atoms with Crippen molar-refractivity contribution >= 4 is 22.8 Å². The molecule has 0 spiro atoms. The van der Waals surface area contributed by atoms with E-state index in [1.54, 1.807) is 6.20 Å². The average Bonchev–Trinajstić information content (AvgIpc) is 2.84. The first-order valence-corrected chi connectivity index (χ1v) is 5.58. The third-order valence-electron chi connectivity index (χ3n) is 2.60. The summed E-state index contributed by atoms with van der Waals surface area (Å²) in [6, 6.07) is 0. The summed E-state index contributed by atoms with van der Waals surface area (Å²) in [5.41, 5.74) is 2.76. The van der Waals surface area contributed by atoms with Gasteiger partial charge in [0.2, 0.25) is 5.95 Å². The van der Waals surface area contributed by atoms with Crippen LogP contribution in [0.5, 0.6) is 0 Å². The quantitative estimate of drug-likeness (QED) is 0.376. The molecular weight excluding hydrogens is 234 g/mol. The molecule has 0 saturated carbocycles. The number of anilines is 2. The van der Waals surface area contributed by atoms with Gasteiger partial charge in [0.15, 0.2) is 5.65 Å². The SMILES string of the molecule is CC(C)(CO)CNc1nc(NN)nc2[nH]ncc12. The fraction of sp³-hybridized carbons (Fsp3) is 0.500. The van der Waals surface area contributed by atoms with E-state index in [9.17, 15) is 5.11 Å². The van der Waals surface area contributed by atoms with E-state index in [-0.39, 0.29) is 12.0 Å². The first kappa shape index (κ1) is 12.5. The number of rotatable bonds is 5. The number of nitrogens with one attached hydrogen (secondary N) is 3. The summed E-state index contributed by atoms with van der Waals surface area (Å²) in [4.78, 5) is 8.35. The molecule has 2 aromatic rings. The molecule has 98 valence electrons. The van der Waals surface area contributed by atoms with Crippen molar-refractivity contribution < 1.29 is 5.11 Å². The molecule has 0 aliphatic rings. The standard InChI is InChI=1S/C10H17N7O/c1-10(2,5-18)4-12-7-6-3-13-17-8(6)15-9(14-7)16-11/h3,18H,4-5,11H2,1-2H3,(H3,12,13,14,15,16,17). The van der Waals surface area contributed by atoms with Crippen LogP contribution >= 0.6 is 0 Å². The second-order valence-corrected chi connectivity index (χ2v) is 4.85. The van der Waals surface area contributed by atoms with Gasteiger partial charge in [0, 0.05) is 18.6 Å². The molecule has 2 aromatic heterocycles. The largest absolute Gasteiger partial charge is 0.396 e.